The number of ether oxygens (including phenoxy) is 1. The van der Waals surface area contributed by atoms with Gasteiger partial charge in [-0.3, -0.25) is 9.59 Å². The van der Waals surface area contributed by atoms with Crippen LogP contribution in [-0.4, -0.2) is 51.9 Å². The molecule has 0 bridgehead atoms. The van der Waals surface area contributed by atoms with Crippen molar-refractivity contribution >= 4 is 29.1 Å². The molecular weight excluding hydrogens is 430 g/mol. The average Bonchev–Trinajstić information content (AvgIpc) is 3.48. The average molecular weight is 452 g/mol. The van der Waals surface area contributed by atoms with E-state index in [2.05, 4.69) is 10.3 Å². The van der Waals surface area contributed by atoms with E-state index in [1.165, 1.54) is 16.2 Å². The summed E-state index contributed by atoms with van der Waals surface area (Å²) in [6, 6.07) is 14.9. The number of nitrogens with zero attached hydrogens (tertiary/aromatic N) is 2. The summed E-state index contributed by atoms with van der Waals surface area (Å²) in [5.41, 5.74) is 0.370. The predicted molar refractivity (Wildman–Crippen MR) is 118 cm³/mol. The van der Waals surface area contributed by atoms with E-state index in [1.54, 1.807) is 30.5 Å². The van der Waals surface area contributed by atoms with Crippen LogP contribution in [0, 0.1) is 0 Å². The molecule has 164 valence electrons. The number of amides is 2. The fraction of sp³-hybridized carbons (Fsp3) is 0.217. The SMILES string of the molecule is O=C(NCC(=O)N1CC(c2nccs2)C[C@@H]1C(=O)O)c1ccc(Oc2ccccc2)cc1. The fourth-order valence-electron chi connectivity index (χ4n) is 3.62. The Kier molecular flexibility index (Phi) is 6.46. The zero-order chi connectivity index (χ0) is 22.5. The largest absolute Gasteiger partial charge is 0.480 e. The molecule has 1 fully saturated rings. The first kappa shape index (κ1) is 21.5. The van der Waals surface area contributed by atoms with Gasteiger partial charge in [-0.2, -0.15) is 0 Å². The molecule has 32 heavy (non-hydrogen) atoms. The van der Waals surface area contributed by atoms with Crippen molar-refractivity contribution < 1.29 is 24.2 Å². The Morgan fingerprint density at radius 3 is 2.47 bits per heavy atom. The van der Waals surface area contributed by atoms with E-state index in [9.17, 15) is 19.5 Å². The van der Waals surface area contributed by atoms with E-state index in [0.717, 1.165) is 5.01 Å². The molecule has 1 unspecified atom stereocenters. The summed E-state index contributed by atoms with van der Waals surface area (Å²) in [6.45, 7) is -0.0137. The minimum Gasteiger partial charge on any atom is -0.480 e. The zero-order valence-corrected chi connectivity index (χ0v) is 17.8. The van der Waals surface area contributed by atoms with Crippen molar-refractivity contribution in [2.24, 2.45) is 0 Å². The first-order valence-electron chi connectivity index (χ1n) is 10.0. The van der Waals surface area contributed by atoms with Gasteiger partial charge in [-0.05, 0) is 42.8 Å². The third-order valence-corrected chi connectivity index (χ3v) is 6.14. The number of likely N-dealkylation sites (tertiary alicyclic amines) is 1. The Bertz CT molecular complexity index is 1090. The third kappa shape index (κ3) is 4.94. The van der Waals surface area contributed by atoms with Gasteiger partial charge in [-0.25, -0.2) is 9.78 Å². The Balaban J connectivity index is 1.33. The molecule has 1 aliphatic heterocycles. The summed E-state index contributed by atoms with van der Waals surface area (Å²) in [7, 11) is 0. The molecule has 8 nitrogen and oxygen atoms in total. The number of para-hydroxylation sites is 1. The van der Waals surface area contributed by atoms with Crippen LogP contribution in [0.3, 0.4) is 0 Å². The maximum atomic E-state index is 12.7. The molecule has 0 saturated carbocycles. The van der Waals surface area contributed by atoms with E-state index in [4.69, 9.17) is 4.74 Å². The van der Waals surface area contributed by atoms with Gasteiger partial charge in [0.1, 0.15) is 17.5 Å². The third-order valence-electron chi connectivity index (χ3n) is 5.20. The Labute approximate surface area is 188 Å². The van der Waals surface area contributed by atoms with E-state index >= 15 is 0 Å². The second kappa shape index (κ2) is 9.61. The Morgan fingerprint density at radius 2 is 1.81 bits per heavy atom. The van der Waals surface area contributed by atoms with Crippen molar-refractivity contribution in [3.63, 3.8) is 0 Å². The number of hydrogen-bond acceptors (Lipinski definition) is 6. The molecule has 3 aromatic rings. The van der Waals surface area contributed by atoms with E-state index < -0.39 is 23.8 Å². The van der Waals surface area contributed by atoms with Gasteiger partial charge < -0.3 is 20.1 Å². The minimum absolute atomic E-state index is 0.118. The lowest BCUT2D eigenvalue weighted by Gasteiger charge is -2.21. The number of carbonyl (C=O) groups excluding carboxylic acids is 2. The number of aliphatic carboxylic acids is 1. The van der Waals surface area contributed by atoms with Crippen molar-refractivity contribution in [2.75, 3.05) is 13.1 Å². The van der Waals surface area contributed by atoms with Crippen LogP contribution in [-0.2, 0) is 9.59 Å². The second-order valence-electron chi connectivity index (χ2n) is 7.33. The molecule has 0 aliphatic carbocycles. The monoisotopic (exact) mass is 451 g/mol. The lowest BCUT2D eigenvalue weighted by atomic mass is 10.1. The molecule has 2 amide bonds. The van der Waals surface area contributed by atoms with Crippen LogP contribution in [0.25, 0.3) is 0 Å². The van der Waals surface area contributed by atoms with Crippen LogP contribution in [0.15, 0.2) is 66.2 Å². The number of thiazole rings is 1. The van der Waals surface area contributed by atoms with Crippen molar-refractivity contribution in [2.45, 2.75) is 18.4 Å². The van der Waals surface area contributed by atoms with Crippen LogP contribution >= 0.6 is 11.3 Å². The standard InChI is InChI=1S/C23H21N3O5S/c27-20(26-14-16(12-19(26)23(29)30)22-24-10-11-32-22)13-25-21(28)15-6-8-18(9-7-15)31-17-4-2-1-3-5-17/h1-11,16,19H,12-14H2,(H,25,28)(H,29,30)/t16?,19-/m1/s1. The Hall–Kier alpha value is -3.72. The smallest absolute Gasteiger partial charge is 0.326 e. The Morgan fingerprint density at radius 1 is 1.09 bits per heavy atom. The summed E-state index contributed by atoms with van der Waals surface area (Å²) in [4.78, 5) is 42.3. The van der Waals surface area contributed by atoms with Gasteiger partial charge in [-0.1, -0.05) is 18.2 Å². The predicted octanol–water partition coefficient (Wildman–Crippen LogP) is 3.13. The highest BCUT2D eigenvalue weighted by atomic mass is 32.1. The lowest BCUT2D eigenvalue weighted by molar-refractivity contribution is -0.147. The highest BCUT2D eigenvalue weighted by Crippen LogP contribution is 2.33. The summed E-state index contributed by atoms with van der Waals surface area (Å²) >= 11 is 1.44. The first-order valence-corrected chi connectivity index (χ1v) is 10.9. The molecule has 2 N–H and O–H groups in total. The molecule has 2 atom stereocenters. The van der Waals surface area contributed by atoms with E-state index in [0.29, 0.717) is 23.5 Å². The summed E-state index contributed by atoms with van der Waals surface area (Å²) < 4.78 is 5.70. The van der Waals surface area contributed by atoms with Gasteiger partial charge in [0.05, 0.1) is 11.6 Å². The number of carboxylic acids is 1. The van der Waals surface area contributed by atoms with Gasteiger partial charge in [-0.15, -0.1) is 11.3 Å². The van der Waals surface area contributed by atoms with Gasteiger partial charge in [0.15, 0.2) is 0 Å². The van der Waals surface area contributed by atoms with Gasteiger partial charge in [0, 0.05) is 29.6 Å². The number of aromatic nitrogens is 1. The number of nitrogens with one attached hydrogen (secondary N) is 1. The molecular formula is C23H21N3O5S. The molecule has 1 aromatic heterocycles. The number of hydrogen-bond donors (Lipinski definition) is 2. The summed E-state index contributed by atoms with van der Waals surface area (Å²) in [6.07, 6.45) is 1.97. The van der Waals surface area contributed by atoms with Crippen LogP contribution in [0.2, 0.25) is 0 Å². The van der Waals surface area contributed by atoms with Crippen molar-refractivity contribution in [3.8, 4) is 11.5 Å². The number of carbonyl (C=O) groups is 3. The van der Waals surface area contributed by atoms with Crippen LogP contribution in [0.4, 0.5) is 0 Å². The maximum Gasteiger partial charge on any atom is 0.326 e. The van der Waals surface area contributed by atoms with Gasteiger partial charge >= 0.3 is 5.97 Å². The number of carboxylic acid groups (broad SMARTS) is 1. The fourth-order valence-corrected chi connectivity index (χ4v) is 4.37. The van der Waals surface area contributed by atoms with Crippen LogP contribution in [0.1, 0.15) is 27.7 Å². The highest BCUT2D eigenvalue weighted by Gasteiger charge is 2.41. The van der Waals surface area contributed by atoms with Gasteiger partial charge in [0.25, 0.3) is 5.91 Å². The quantitative estimate of drug-likeness (QED) is 0.571. The molecule has 4 rings (SSSR count). The summed E-state index contributed by atoms with van der Waals surface area (Å²) in [5.74, 6) is -0.769. The molecule has 0 radical (unpaired) electrons. The van der Waals surface area contributed by atoms with Crippen molar-refractivity contribution in [1.29, 1.82) is 0 Å². The highest BCUT2D eigenvalue weighted by molar-refractivity contribution is 7.09. The van der Waals surface area contributed by atoms with Gasteiger partial charge in [0.2, 0.25) is 5.91 Å². The zero-order valence-electron chi connectivity index (χ0n) is 17.0. The molecule has 2 heterocycles. The molecule has 1 saturated heterocycles. The molecule has 1 aliphatic rings. The van der Waals surface area contributed by atoms with Crippen LogP contribution < -0.4 is 10.1 Å². The number of benzene rings is 2. The first-order chi connectivity index (χ1) is 15.5. The molecule has 9 heteroatoms. The minimum atomic E-state index is -1.06. The lowest BCUT2D eigenvalue weighted by Crippen LogP contribution is -2.45. The normalized spacial score (nSPS) is 17.7. The van der Waals surface area contributed by atoms with Crippen molar-refractivity contribution in [1.82, 2.24) is 15.2 Å². The molecule has 2 aromatic carbocycles. The van der Waals surface area contributed by atoms with E-state index in [-0.39, 0.29) is 19.0 Å². The number of rotatable bonds is 7. The topological polar surface area (TPSA) is 109 Å². The van der Waals surface area contributed by atoms with E-state index in [1.807, 2.05) is 35.7 Å². The summed E-state index contributed by atoms with van der Waals surface area (Å²) in [5, 5.41) is 14.7. The van der Waals surface area contributed by atoms with Crippen LogP contribution in [0.5, 0.6) is 11.5 Å². The molecule has 0 spiro atoms. The van der Waals surface area contributed by atoms with Crippen molar-refractivity contribution in [3.05, 3.63) is 76.7 Å². The maximum absolute atomic E-state index is 12.7. The second-order valence-corrected chi connectivity index (χ2v) is 8.25.